The predicted octanol–water partition coefficient (Wildman–Crippen LogP) is 1.14. The highest BCUT2D eigenvalue weighted by molar-refractivity contribution is 5.81. The molecule has 1 atom stereocenters. The highest BCUT2D eigenvalue weighted by Crippen LogP contribution is 2.13. The normalized spacial score (nSPS) is 11.3. The monoisotopic (exact) mass is 267 g/mol. The van der Waals surface area contributed by atoms with Gasteiger partial charge in [-0.2, -0.15) is 0 Å². The van der Waals surface area contributed by atoms with Crippen molar-refractivity contribution in [2.75, 3.05) is 21.3 Å². The first-order chi connectivity index (χ1) is 9.10. The van der Waals surface area contributed by atoms with Gasteiger partial charge >= 0.3 is 12.1 Å². The van der Waals surface area contributed by atoms with E-state index < -0.39 is 18.1 Å². The van der Waals surface area contributed by atoms with Crippen LogP contribution >= 0.6 is 0 Å². The van der Waals surface area contributed by atoms with E-state index in [2.05, 4.69) is 14.8 Å². The smallest absolute Gasteiger partial charge is 0.407 e. The number of methoxy groups -OCH3 is 3. The van der Waals surface area contributed by atoms with Crippen LogP contribution in [0.4, 0.5) is 4.79 Å². The van der Waals surface area contributed by atoms with E-state index in [0.29, 0.717) is 6.42 Å². The van der Waals surface area contributed by atoms with Gasteiger partial charge in [-0.1, -0.05) is 12.1 Å². The fourth-order valence-electron chi connectivity index (χ4n) is 1.53. The third kappa shape index (κ3) is 4.50. The summed E-state index contributed by atoms with van der Waals surface area (Å²) in [6.45, 7) is 0. The van der Waals surface area contributed by atoms with Crippen LogP contribution in [0.3, 0.4) is 0 Å². The van der Waals surface area contributed by atoms with Crippen molar-refractivity contribution in [3.63, 3.8) is 0 Å². The molecule has 0 heterocycles. The first-order valence-corrected chi connectivity index (χ1v) is 5.66. The van der Waals surface area contributed by atoms with Crippen LogP contribution in [0.15, 0.2) is 24.3 Å². The first kappa shape index (κ1) is 14.8. The number of carbonyl (C=O) groups excluding carboxylic acids is 2. The number of amides is 1. The zero-order valence-electron chi connectivity index (χ0n) is 11.1. The lowest BCUT2D eigenvalue weighted by Crippen LogP contribution is -2.42. The molecule has 0 aliphatic rings. The minimum Gasteiger partial charge on any atom is -0.497 e. The standard InChI is InChI=1S/C13H17NO5/c1-17-10-6-4-9(5-7-10)8-11(12(15)18-2)14-13(16)19-3/h4-7,11H,8H2,1-3H3,(H,14,16). The van der Waals surface area contributed by atoms with Gasteiger partial charge in [0.05, 0.1) is 21.3 Å². The molecule has 0 fully saturated rings. The lowest BCUT2D eigenvalue weighted by molar-refractivity contribution is -0.142. The Balaban J connectivity index is 2.75. The zero-order chi connectivity index (χ0) is 14.3. The molecule has 0 spiro atoms. The van der Waals surface area contributed by atoms with Crippen LogP contribution < -0.4 is 10.1 Å². The van der Waals surface area contributed by atoms with Crippen LogP contribution in [0.5, 0.6) is 5.75 Å². The first-order valence-electron chi connectivity index (χ1n) is 5.66. The minimum absolute atomic E-state index is 0.311. The maximum absolute atomic E-state index is 11.6. The number of ether oxygens (including phenoxy) is 3. The zero-order valence-corrected chi connectivity index (χ0v) is 11.1. The van der Waals surface area contributed by atoms with Gasteiger partial charge < -0.3 is 19.5 Å². The molecule has 0 aromatic heterocycles. The van der Waals surface area contributed by atoms with Gasteiger partial charge in [-0.3, -0.25) is 0 Å². The molecule has 1 aromatic carbocycles. The van der Waals surface area contributed by atoms with E-state index in [4.69, 9.17) is 4.74 Å². The summed E-state index contributed by atoms with van der Waals surface area (Å²) in [6, 6.07) is 6.40. The van der Waals surface area contributed by atoms with E-state index in [9.17, 15) is 9.59 Å². The fourth-order valence-corrected chi connectivity index (χ4v) is 1.53. The average molecular weight is 267 g/mol. The van der Waals surface area contributed by atoms with Gasteiger partial charge in [-0.05, 0) is 17.7 Å². The van der Waals surface area contributed by atoms with E-state index in [1.807, 2.05) is 12.1 Å². The van der Waals surface area contributed by atoms with Crippen LogP contribution in [0.2, 0.25) is 0 Å². The van der Waals surface area contributed by atoms with Crippen LogP contribution in [-0.4, -0.2) is 39.4 Å². The summed E-state index contributed by atoms with van der Waals surface area (Å²) in [6.07, 6.45) is -0.366. The Morgan fingerprint density at radius 3 is 2.21 bits per heavy atom. The van der Waals surface area contributed by atoms with E-state index in [1.54, 1.807) is 19.2 Å². The van der Waals surface area contributed by atoms with Gasteiger partial charge in [0.2, 0.25) is 0 Å². The van der Waals surface area contributed by atoms with Crippen LogP contribution in [0.25, 0.3) is 0 Å². The number of carbonyl (C=O) groups is 2. The summed E-state index contributed by atoms with van der Waals surface area (Å²) < 4.78 is 14.2. The summed E-state index contributed by atoms with van der Waals surface area (Å²) in [4.78, 5) is 22.7. The summed E-state index contributed by atoms with van der Waals surface area (Å²) in [7, 11) is 4.07. The molecule has 1 aromatic rings. The quantitative estimate of drug-likeness (QED) is 0.810. The van der Waals surface area contributed by atoms with Crippen molar-refractivity contribution in [3.05, 3.63) is 29.8 Å². The van der Waals surface area contributed by atoms with Crippen molar-refractivity contribution in [1.29, 1.82) is 0 Å². The fraction of sp³-hybridized carbons (Fsp3) is 0.385. The van der Waals surface area contributed by atoms with Crippen LogP contribution in [0, 0.1) is 0 Å². The van der Waals surface area contributed by atoms with E-state index in [1.165, 1.54) is 14.2 Å². The Labute approximate surface area is 111 Å². The van der Waals surface area contributed by atoms with Crippen molar-refractivity contribution >= 4 is 12.1 Å². The van der Waals surface area contributed by atoms with Crippen molar-refractivity contribution < 1.29 is 23.8 Å². The largest absolute Gasteiger partial charge is 0.497 e. The summed E-state index contributed by atoms with van der Waals surface area (Å²) >= 11 is 0. The Kier molecular flexibility index (Phi) is 5.66. The van der Waals surface area contributed by atoms with Gasteiger partial charge in [0.25, 0.3) is 0 Å². The van der Waals surface area contributed by atoms with Crippen molar-refractivity contribution in [2.24, 2.45) is 0 Å². The van der Waals surface area contributed by atoms with E-state index >= 15 is 0 Å². The van der Waals surface area contributed by atoms with Gasteiger partial charge in [0, 0.05) is 6.42 Å². The molecule has 6 heteroatoms. The molecule has 0 radical (unpaired) electrons. The van der Waals surface area contributed by atoms with Crippen molar-refractivity contribution in [1.82, 2.24) is 5.32 Å². The molecule has 0 bridgehead atoms. The molecule has 0 aliphatic heterocycles. The topological polar surface area (TPSA) is 73.9 Å². The van der Waals surface area contributed by atoms with Gasteiger partial charge in [-0.25, -0.2) is 9.59 Å². The number of benzene rings is 1. The lowest BCUT2D eigenvalue weighted by Gasteiger charge is -2.15. The molecule has 104 valence electrons. The van der Waals surface area contributed by atoms with Gasteiger partial charge in [-0.15, -0.1) is 0 Å². The second kappa shape index (κ2) is 7.25. The molecular formula is C13H17NO5. The third-order valence-electron chi connectivity index (χ3n) is 2.56. The number of hydrogen-bond donors (Lipinski definition) is 1. The number of esters is 1. The van der Waals surface area contributed by atoms with Crippen molar-refractivity contribution in [2.45, 2.75) is 12.5 Å². The second-order valence-corrected chi connectivity index (χ2v) is 3.76. The van der Waals surface area contributed by atoms with Gasteiger partial charge in [0.15, 0.2) is 0 Å². The Morgan fingerprint density at radius 2 is 1.74 bits per heavy atom. The molecule has 19 heavy (non-hydrogen) atoms. The summed E-state index contributed by atoms with van der Waals surface area (Å²) in [5.41, 5.74) is 0.868. The van der Waals surface area contributed by atoms with Crippen LogP contribution in [0.1, 0.15) is 5.56 Å². The maximum Gasteiger partial charge on any atom is 0.407 e. The number of rotatable bonds is 5. The highest BCUT2D eigenvalue weighted by Gasteiger charge is 2.22. The molecule has 1 amide bonds. The van der Waals surface area contributed by atoms with E-state index in [-0.39, 0.29) is 0 Å². The summed E-state index contributed by atoms with van der Waals surface area (Å²) in [5, 5.41) is 2.43. The summed E-state index contributed by atoms with van der Waals surface area (Å²) in [5.74, 6) is 0.195. The number of alkyl carbamates (subject to hydrolysis) is 1. The Bertz CT molecular complexity index is 429. The molecule has 1 unspecified atom stereocenters. The Morgan fingerprint density at radius 1 is 1.11 bits per heavy atom. The molecule has 6 nitrogen and oxygen atoms in total. The molecule has 0 saturated carbocycles. The van der Waals surface area contributed by atoms with Crippen molar-refractivity contribution in [3.8, 4) is 5.75 Å². The minimum atomic E-state index is -0.786. The van der Waals surface area contributed by atoms with E-state index in [0.717, 1.165) is 11.3 Å². The Hall–Kier alpha value is -2.24. The van der Waals surface area contributed by atoms with Crippen LogP contribution in [-0.2, 0) is 20.7 Å². The molecule has 0 aliphatic carbocycles. The molecule has 1 N–H and O–H groups in total. The molecule has 0 saturated heterocycles. The number of nitrogens with one attached hydrogen (secondary N) is 1. The number of hydrogen-bond acceptors (Lipinski definition) is 5. The predicted molar refractivity (Wildman–Crippen MR) is 68.0 cm³/mol. The third-order valence-corrected chi connectivity index (χ3v) is 2.56. The molecule has 1 rings (SSSR count). The second-order valence-electron chi connectivity index (χ2n) is 3.76. The maximum atomic E-state index is 11.6. The van der Waals surface area contributed by atoms with Gasteiger partial charge in [0.1, 0.15) is 11.8 Å². The SMILES string of the molecule is COC(=O)NC(Cc1ccc(OC)cc1)C(=O)OC. The average Bonchev–Trinajstić information content (AvgIpc) is 2.46. The lowest BCUT2D eigenvalue weighted by atomic mass is 10.1. The molecular weight excluding hydrogens is 250 g/mol. The highest BCUT2D eigenvalue weighted by atomic mass is 16.5.